The van der Waals surface area contributed by atoms with Crippen molar-refractivity contribution in [1.29, 1.82) is 0 Å². The Hall–Kier alpha value is -1.39. The minimum absolute atomic E-state index is 0.0514. The number of benzene rings is 1. The van der Waals surface area contributed by atoms with Gasteiger partial charge in [0.2, 0.25) is 0 Å². The maximum Gasteiger partial charge on any atom is 0.112 e. The van der Waals surface area contributed by atoms with Crippen LogP contribution in [0.25, 0.3) is 11.0 Å². The van der Waals surface area contributed by atoms with E-state index in [0.717, 1.165) is 23.3 Å². The van der Waals surface area contributed by atoms with Gasteiger partial charge in [-0.25, -0.2) is 4.98 Å². The molecule has 17 heavy (non-hydrogen) atoms. The maximum atomic E-state index is 5.69. The summed E-state index contributed by atoms with van der Waals surface area (Å²) in [5.41, 5.74) is 7.86. The molecule has 0 saturated heterocycles. The van der Waals surface area contributed by atoms with E-state index in [-0.39, 0.29) is 6.10 Å². The van der Waals surface area contributed by atoms with Crippen LogP contribution in [0.2, 0.25) is 0 Å². The van der Waals surface area contributed by atoms with Gasteiger partial charge in [0.15, 0.2) is 0 Å². The molecule has 0 radical (unpaired) electrons. The van der Waals surface area contributed by atoms with Gasteiger partial charge in [-0.1, -0.05) is 12.1 Å². The van der Waals surface area contributed by atoms with Crippen molar-refractivity contribution in [2.24, 2.45) is 12.8 Å². The van der Waals surface area contributed by atoms with Gasteiger partial charge in [-0.2, -0.15) is 0 Å². The summed E-state index contributed by atoms with van der Waals surface area (Å²) >= 11 is 0. The average molecular weight is 233 g/mol. The van der Waals surface area contributed by atoms with Gasteiger partial charge in [0.1, 0.15) is 5.82 Å². The first-order valence-corrected chi connectivity index (χ1v) is 5.98. The number of rotatable bonds is 5. The molecule has 2 rings (SSSR count). The lowest BCUT2D eigenvalue weighted by molar-refractivity contribution is 0.0677. The topological polar surface area (TPSA) is 53.1 Å². The fraction of sp³-hybridized carbons (Fsp3) is 0.462. The van der Waals surface area contributed by atoms with Crippen molar-refractivity contribution in [2.75, 3.05) is 13.2 Å². The van der Waals surface area contributed by atoms with Crippen molar-refractivity contribution in [3.8, 4) is 0 Å². The number of aromatic nitrogens is 2. The van der Waals surface area contributed by atoms with Crippen molar-refractivity contribution in [2.45, 2.75) is 19.4 Å². The van der Waals surface area contributed by atoms with Crippen LogP contribution in [0.1, 0.15) is 12.7 Å². The first kappa shape index (κ1) is 12.1. The van der Waals surface area contributed by atoms with Crippen LogP contribution in [0.3, 0.4) is 0 Å². The molecule has 2 aromatic rings. The van der Waals surface area contributed by atoms with Crippen molar-refractivity contribution >= 4 is 11.0 Å². The van der Waals surface area contributed by atoms with E-state index in [1.807, 2.05) is 32.2 Å². The fourth-order valence-electron chi connectivity index (χ4n) is 2.03. The Labute approximate surface area is 101 Å². The Bertz CT molecular complexity index is 492. The molecule has 2 N–H and O–H groups in total. The minimum atomic E-state index is 0.0514. The van der Waals surface area contributed by atoms with Gasteiger partial charge < -0.3 is 15.0 Å². The van der Waals surface area contributed by atoms with Crippen LogP contribution in [0.4, 0.5) is 0 Å². The highest BCUT2D eigenvalue weighted by Crippen LogP contribution is 2.15. The number of ether oxygens (including phenoxy) is 1. The zero-order chi connectivity index (χ0) is 12.3. The standard InChI is InChI=1S/C13H19N3O/c1-3-17-10(9-14)8-13-15-11-6-4-5-7-12(11)16(13)2/h4-7,10H,3,8-9,14H2,1-2H3. The highest BCUT2D eigenvalue weighted by atomic mass is 16.5. The van der Waals surface area contributed by atoms with Gasteiger partial charge in [0, 0.05) is 26.6 Å². The molecule has 1 aromatic carbocycles. The molecule has 1 unspecified atom stereocenters. The van der Waals surface area contributed by atoms with Gasteiger partial charge in [-0.15, -0.1) is 0 Å². The van der Waals surface area contributed by atoms with E-state index in [2.05, 4.69) is 15.6 Å². The second-order valence-corrected chi connectivity index (χ2v) is 4.09. The molecular weight excluding hydrogens is 214 g/mol. The first-order chi connectivity index (χ1) is 8.26. The molecule has 0 saturated carbocycles. The van der Waals surface area contributed by atoms with Crippen LogP contribution in [0.5, 0.6) is 0 Å². The van der Waals surface area contributed by atoms with E-state index in [0.29, 0.717) is 13.2 Å². The molecule has 92 valence electrons. The van der Waals surface area contributed by atoms with E-state index in [1.54, 1.807) is 0 Å². The maximum absolute atomic E-state index is 5.69. The number of hydrogen-bond donors (Lipinski definition) is 1. The van der Waals surface area contributed by atoms with Crippen LogP contribution in [-0.2, 0) is 18.2 Å². The number of para-hydroxylation sites is 2. The number of nitrogens with two attached hydrogens (primary N) is 1. The third-order valence-electron chi connectivity index (χ3n) is 2.96. The van der Waals surface area contributed by atoms with Crippen molar-refractivity contribution < 1.29 is 4.74 Å². The largest absolute Gasteiger partial charge is 0.377 e. The van der Waals surface area contributed by atoms with E-state index < -0.39 is 0 Å². The fourth-order valence-corrected chi connectivity index (χ4v) is 2.03. The SMILES string of the molecule is CCOC(CN)Cc1nc2ccccc2n1C. The van der Waals surface area contributed by atoms with Crippen molar-refractivity contribution in [3.63, 3.8) is 0 Å². The highest BCUT2D eigenvalue weighted by Gasteiger charge is 2.13. The van der Waals surface area contributed by atoms with Gasteiger partial charge in [-0.3, -0.25) is 0 Å². The zero-order valence-electron chi connectivity index (χ0n) is 10.4. The van der Waals surface area contributed by atoms with Crippen molar-refractivity contribution in [1.82, 2.24) is 9.55 Å². The van der Waals surface area contributed by atoms with E-state index >= 15 is 0 Å². The van der Waals surface area contributed by atoms with E-state index in [9.17, 15) is 0 Å². The quantitative estimate of drug-likeness (QED) is 0.851. The molecular formula is C13H19N3O. The molecule has 0 aliphatic carbocycles. The lowest BCUT2D eigenvalue weighted by atomic mass is 10.2. The first-order valence-electron chi connectivity index (χ1n) is 5.98. The summed E-state index contributed by atoms with van der Waals surface area (Å²) in [6.45, 7) is 3.19. The molecule has 0 bridgehead atoms. The smallest absolute Gasteiger partial charge is 0.112 e. The lowest BCUT2D eigenvalue weighted by Gasteiger charge is -2.14. The Morgan fingerprint density at radius 1 is 1.41 bits per heavy atom. The van der Waals surface area contributed by atoms with Gasteiger partial charge >= 0.3 is 0 Å². The molecule has 4 heteroatoms. The minimum Gasteiger partial charge on any atom is -0.377 e. The zero-order valence-corrected chi connectivity index (χ0v) is 10.4. The highest BCUT2D eigenvalue weighted by molar-refractivity contribution is 5.75. The summed E-state index contributed by atoms with van der Waals surface area (Å²) in [5, 5.41) is 0. The average Bonchev–Trinajstić information content (AvgIpc) is 2.66. The Morgan fingerprint density at radius 2 is 2.18 bits per heavy atom. The second kappa shape index (κ2) is 5.29. The van der Waals surface area contributed by atoms with Crippen molar-refractivity contribution in [3.05, 3.63) is 30.1 Å². The summed E-state index contributed by atoms with van der Waals surface area (Å²) in [4.78, 5) is 4.61. The molecule has 4 nitrogen and oxygen atoms in total. The molecule has 0 fully saturated rings. The molecule has 1 atom stereocenters. The normalized spacial score (nSPS) is 13.1. The summed E-state index contributed by atoms with van der Waals surface area (Å²) < 4.78 is 7.68. The Kier molecular flexibility index (Phi) is 3.76. The van der Waals surface area contributed by atoms with Crippen LogP contribution in [-0.4, -0.2) is 28.8 Å². The van der Waals surface area contributed by atoms with Crippen LogP contribution in [0.15, 0.2) is 24.3 Å². The number of nitrogens with zero attached hydrogens (tertiary/aromatic N) is 2. The molecule has 0 aliphatic heterocycles. The van der Waals surface area contributed by atoms with E-state index in [4.69, 9.17) is 10.5 Å². The summed E-state index contributed by atoms with van der Waals surface area (Å²) in [6, 6.07) is 8.12. The third-order valence-corrected chi connectivity index (χ3v) is 2.96. The van der Waals surface area contributed by atoms with Gasteiger partial charge in [0.05, 0.1) is 17.1 Å². The van der Waals surface area contributed by atoms with Gasteiger partial charge in [-0.05, 0) is 19.1 Å². The monoisotopic (exact) mass is 233 g/mol. The van der Waals surface area contributed by atoms with Gasteiger partial charge in [0.25, 0.3) is 0 Å². The van der Waals surface area contributed by atoms with E-state index in [1.165, 1.54) is 0 Å². The van der Waals surface area contributed by atoms with Crippen LogP contribution < -0.4 is 5.73 Å². The van der Waals surface area contributed by atoms with Crippen LogP contribution in [0, 0.1) is 0 Å². The Balaban J connectivity index is 2.26. The number of aryl methyl sites for hydroxylation is 1. The third kappa shape index (κ3) is 2.48. The summed E-state index contributed by atoms with van der Waals surface area (Å²) in [7, 11) is 2.03. The molecule has 0 amide bonds. The Morgan fingerprint density at radius 3 is 2.82 bits per heavy atom. The van der Waals surface area contributed by atoms with Crippen LogP contribution >= 0.6 is 0 Å². The predicted molar refractivity (Wildman–Crippen MR) is 68.9 cm³/mol. The number of fused-ring (bicyclic) bond motifs is 1. The molecule has 1 aromatic heterocycles. The molecule has 0 aliphatic rings. The second-order valence-electron chi connectivity index (χ2n) is 4.09. The summed E-state index contributed by atoms with van der Waals surface area (Å²) in [6.07, 6.45) is 0.811. The number of hydrogen-bond acceptors (Lipinski definition) is 3. The lowest BCUT2D eigenvalue weighted by Crippen LogP contribution is -2.27. The molecule has 0 spiro atoms. The number of imidazole rings is 1. The summed E-state index contributed by atoms with van der Waals surface area (Å²) in [5.74, 6) is 1.02. The molecule has 1 heterocycles. The predicted octanol–water partition coefficient (Wildman–Crippen LogP) is 1.48.